The SMILES string of the molecule is NC(CNS(=O)(=O)c1ccccc1[N+](=O)[O-])c1ccccc1. The standard InChI is InChI=1S/C14H15N3O4S/c15-12(11-6-2-1-3-7-11)10-16-22(20,21)14-9-5-4-8-13(14)17(18)19/h1-9,12,16H,10,15H2. The number of nitro groups is 1. The second kappa shape index (κ2) is 6.65. The number of nitrogens with two attached hydrogens (primary N) is 1. The molecule has 2 rings (SSSR count). The number of nitrogens with one attached hydrogen (secondary N) is 1. The molecular weight excluding hydrogens is 306 g/mol. The number of benzene rings is 2. The minimum absolute atomic E-state index is 0.0571. The van der Waals surface area contributed by atoms with Gasteiger partial charge in [0.1, 0.15) is 0 Å². The van der Waals surface area contributed by atoms with Gasteiger partial charge in [0.2, 0.25) is 10.0 Å². The minimum Gasteiger partial charge on any atom is -0.323 e. The summed E-state index contributed by atoms with van der Waals surface area (Å²) in [5.74, 6) is 0. The first-order valence-electron chi connectivity index (χ1n) is 6.45. The van der Waals surface area contributed by atoms with Gasteiger partial charge < -0.3 is 5.73 Å². The van der Waals surface area contributed by atoms with E-state index >= 15 is 0 Å². The summed E-state index contributed by atoms with van der Waals surface area (Å²) < 4.78 is 26.8. The number of hydrogen-bond donors (Lipinski definition) is 2. The van der Waals surface area contributed by atoms with Gasteiger partial charge in [0.25, 0.3) is 5.69 Å². The maximum Gasteiger partial charge on any atom is 0.289 e. The van der Waals surface area contributed by atoms with Gasteiger partial charge in [-0.1, -0.05) is 42.5 Å². The molecule has 0 heterocycles. The van der Waals surface area contributed by atoms with Crippen molar-refractivity contribution in [2.75, 3.05) is 6.54 Å². The van der Waals surface area contributed by atoms with Crippen molar-refractivity contribution in [1.29, 1.82) is 0 Å². The highest BCUT2D eigenvalue weighted by molar-refractivity contribution is 7.89. The first-order valence-corrected chi connectivity index (χ1v) is 7.94. The highest BCUT2D eigenvalue weighted by Crippen LogP contribution is 2.22. The number of sulfonamides is 1. The Kier molecular flexibility index (Phi) is 4.86. The molecule has 0 aliphatic carbocycles. The molecule has 7 nitrogen and oxygen atoms in total. The third-order valence-electron chi connectivity index (χ3n) is 3.07. The molecule has 2 aromatic carbocycles. The average Bonchev–Trinajstić information content (AvgIpc) is 2.53. The van der Waals surface area contributed by atoms with Crippen molar-refractivity contribution < 1.29 is 13.3 Å². The van der Waals surface area contributed by atoms with Crippen LogP contribution in [-0.2, 0) is 10.0 Å². The molecule has 2 aromatic rings. The van der Waals surface area contributed by atoms with Crippen LogP contribution in [0.5, 0.6) is 0 Å². The molecular formula is C14H15N3O4S. The van der Waals surface area contributed by atoms with Crippen LogP contribution in [0.4, 0.5) is 5.69 Å². The van der Waals surface area contributed by atoms with E-state index in [2.05, 4.69) is 4.72 Å². The van der Waals surface area contributed by atoms with E-state index in [1.807, 2.05) is 6.07 Å². The molecule has 8 heteroatoms. The molecule has 116 valence electrons. The number of hydrogen-bond acceptors (Lipinski definition) is 5. The molecule has 0 saturated carbocycles. The van der Waals surface area contributed by atoms with E-state index in [-0.39, 0.29) is 11.4 Å². The Hall–Kier alpha value is -2.29. The lowest BCUT2D eigenvalue weighted by atomic mass is 10.1. The Morgan fingerprint density at radius 1 is 1.09 bits per heavy atom. The summed E-state index contributed by atoms with van der Waals surface area (Å²) >= 11 is 0. The number of nitrogens with zero attached hydrogens (tertiary/aromatic N) is 1. The van der Waals surface area contributed by atoms with Crippen LogP contribution in [0.15, 0.2) is 59.5 Å². The largest absolute Gasteiger partial charge is 0.323 e. The summed E-state index contributed by atoms with van der Waals surface area (Å²) in [4.78, 5) is 9.81. The minimum atomic E-state index is -4.01. The van der Waals surface area contributed by atoms with E-state index < -0.39 is 26.7 Å². The van der Waals surface area contributed by atoms with Crippen molar-refractivity contribution in [3.8, 4) is 0 Å². The maximum absolute atomic E-state index is 12.2. The van der Waals surface area contributed by atoms with Crippen molar-refractivity contribution in [3.63, 3.8) is 0 Å². The van der Waals surface area contributed by atoms with Crippen LogP contribution in [-0.4, -0.2) is 19.9 Å². The Morgan fingerprint density at radius 2 is 1.68 bits per heavy atom. The second-order valence-electron chi connectivity index (χ2n) is 4.59. The van der Waals surface area contributed by atoms with Gasteiger partial charge >= 0.3 is 0 Å². The quantitative estimate of drug-likeness (QED) is 0.619. The Balaban J connectivity index is 2.17. The molecule has 0 bridgehead atoms. The summed E-state index contributed by atoms with van der Waals surface area (Å²) in [6.45, 7) is -0.0571. The zero-order valence-corrected chi connectivity index (χ0v) is 12.4. The van der Waals surface area contributed by atoms with Crippen LogP contribution < -0.4 is 10.5 Å². The molecule has 0 saturated heterocycles. The zero-order valence-electron chi connectivity index (χ0n) is 11.5. The third-order valence-corrected chi connectivity index (χ3v) is 4.54. The number of rotatable bonds is 6. The van der Waals surface area contributed by atoms with Gasteiger partial charge in [0.05, 0.1) is 4.92 Å². The second-order valence-corrected chi connectivity index (χ2v) is 6.33. The summed E-state index contributed by atoms with van der Waals surface area (Å²) in [6.07, 6.45) is 0. The van der Waals surface area contributed by atoms with E-state index in [1.54, 1.807) is 24.3 Å². The smallest absolute Gasteiger partial charge is 0.289 e. The highest BCUT2D eigenvalue weighted by Gasteiger charge is 2.25. The molecule has 22 heavy (non-hydrogen) atoms. The van der Waals surface area contributed by atoms with Crippen molar-refractivity contribution in [1.82, 2.24) is 4.72 Å². The molecule has 1 unspecified atom stereocenters. The topological polar surface area (TPSA) is 115 Å². The predicted octanol–water partition coefficient (Wildman–Crippen LogP) is 1.57. The molecule has 0 aliphatic heterocycles. The van der Waals surface area contributed by atoms with Crippen molar-refractivity contribution in [2.45, 2.75) is 10.9 Å². The van der Waals surface area contributed by atoms with E-state index in [4.69, 9.17) is 5.73 Å². The monoisotopic (exact) mass is 321 g/mol. The highest BCUT2D eigenvalue weighted by atomic mass is 32.2. The fourth-order valence-electron chi connectivity index (χ4n) is 1.93. The van der Waals surface area contributed by atoms with Gasteiger partial charge in [0, 0.05) is 18.7 Å². The molecule has 3 N–H and O–H groups in total. The summed E-state index contributed by atoms with van der Waals surface area (Å²) in [7, 11) is -4.01. The van der Waals surface area contributed by atoms with Crippen LogP contribution in [0.1, 0.15) is 11.6 Å². The van der Waals surface area contributed by atoms with Crippen molar-refractivity contribution in [3.05, 3.63) is 70.3 Å². The van der Waals surface area contributed by atoms with Crippen LogP contribution in [0, 0.1) is 10.1 Å². The zero-order chi connectivity index (χ0) is 16.2. The maximum atomic E-state index is 12.2. The van der Waals surface area contributed by atoms with Crippen LogP contribution in [0.25, 0.3) is 0 Å². The fraction of sp³-hybridized carbons (Fsp3) is 0.143. The van der Waals surface area contributed by atoms with E-state index in [0.29, 0.717) is 0 Å². The van der Waals surface area contributed by atoms with E-state index in [0.717, 1.165) is 11.6 Å². The Bertz CT molecular complexity index is 763. The first-order chi connectivity index (χ1) is 10.4. The van der Waals surface area contributed by atoms with Crippen LogP contribution in [0.3, 0.4) is 0 Å². The fourth-order valence-corrected chi connectivity index (χ4v) is 3.16. The van der Waals surface area contributed by atoms with Gasteiger partial charge in [0.15, 0.2) is 4.90 Å². The van der Waals surface area contributed by atoms with Crippen LogP contribution >= 0.6 is 0 Å². The molecule has 0 fully saturated rings. The molecule has 1 atom stereocenters. The van der Waals surface area contributed by atoms with E-state index in [1.165, 1.54) is 18.2 Å². The first kappa shape index (κ1) is 16.1. The van der Waals surface area contributed by atoms with E-state index in [9.17, 15) is 18.5 Å². The molecule has 0 aliphatic rings. The Labute approximate surface area is 128 Å². The molecule has 0 spiro atoms. The van der Waals surface area contributed by atoms with Gasteiger partial charge in [-0.05, 0) is 11.6 Å². The van der Waals surface area contributed by atoms with Crippen molar-refractivity contribution in [2.24, 2.45) is 5.73 Å². The summed E-state index contributed by atoms with van der Waals surface area (Å²) in [5, 5.41) is 10.9. The number of para-hydroxylation sites is 1. The Morgan fingerprint density at radius 3 is 2.32 bits per heavy atom. The van der Waals surface area contributed by atoms with Gasteiger partial charge in [-0.15, -0.1) is 0 Å². The lowest BCUT2D eigenvalue weighted by Gasteiger charge is -2.13. The lowest BCUT2D eigenvalue weighted by Crippen LogP contribution is -2.32. The van der Waals surface area contributed by atoms with Crippen LogP contribution in [0.2, 0.25) is 0 Å². The molecule has 0 amide bonds. The summed E-state index contributed by atoms with van der Waals surface area (Å²) in [5.41, 5.74) is 6.22. The third kappa shape index (κ3) is 3.67. The number of nitro benzene ring substituents is 1. The summed E-state index contributed by atoms with van der Waals surface area (Å²) in [6, 6.07) is 13.6. The van der Waals surface area contributed by atoms with Crippen molar-refractivity contribution >= 4 is 15.7 Å². The molecule has 0 radical (unpaired) electrons. The average molecular weight is 321 g/mol. The van der Waals surface area contributed by atoms with Gasteiger partial charge in [-0.25, -0.2) is 13.1 Å². The predicted molar refractivity (Wildman–Crippen MR) is 81.7 cm³/mol. The van der Waals surface area contributed by atoms with Gasteiger partial charge in [-0.2, -0.15) is 0 Å². The molecule has 0 aromatic heterocycles. The van der Waals surface area contributed by atoms with Gasteiger partial charge in [-0.3, -0.25) is 10.1 Å². The normalized spacial score (nSPS) is 12.8. The lowest BCUT2D eigenvalue weighted by molar-refractivity contribution is -0.387.